The van der Waals surface area contributed by atoms with Gasteiger partial charge >= 0.3 is 0 Å². The normalized spacial score (nSPS) is 16.9. The van der Waals surface area contributed by atoms with Crippen LogP contribution in [-0.2, 0) is 4.79 Å². The highest BCUT2D eigenvalue weighted by atomic mass is 16.2. The van der Waals surface area contributed by atoms with E-state index in [1.807, 2.05) is 61.2 Å². The van der Waals surface area contributed by atoms with E-state index in [0.29, 0.717) is 17.2 Å². The number of carbonyl (C=O) groups is 2. The number of likely N-dealkylation sites (tertiary alicyclic amines) is 1. The van der Waals surface area contributed by atoms with Crippen LogP contribution in [-0.4, -0.2) is 29.8 Å². The summed E-state index contributed by atoms with van der Waals surface area (Å²) in [4.78, 5) is 27.4. The summed E-state index contributed by atoms with van der Waals surface area (Å²) in [7, 11) is 0. The van der Waals surface area contributed by atoms with Gasteiger partial charge in [0.25, 0.3) is 5.91 Å². The van der Waals surface area contributed by atoms with Gasteiger partial charge < -0.3 is 16.0 Å². The van der Waals surface area contributed by atoms with Crippen molar-refractivity contribution in [2.45, 2.75) is 39.7 Å². The molecule has 0 bridgehead atoms. The summed E-state index contributed by atoms with van der Waals surface area (Å²) >= 11 is 0. The van der Waals surface area contributed by atoms with Gasteiger partial charge in [-0.05, 0) is 55.0 Å². The second kappa shape index (κ2) is 9.23. The zero-order chi connectivity index (χ0) is 21.0. The molecule has 154 valence electrons. The Kier molecular flexibility index (Phi) is 6.70. The van der Waals surface area contributed by atoms with E-state index in [0.717, 1.165) is 37.1 Å². The van der Waals surface area contributed by atoms with Crippen LogP contribution in [0, 0.1) is 18.8 Å². The highest BCUT2D eigenvalue weighted by Crippen LogP contribution is 2.24. The first-order valence-corrected chi connectivity index (χ1v) is 10.4. The summed E-state index contributed by atoms with van der Waals surface area (Å²) in [6.07, 6.45) is 2.11. The van der Waals surface area contributed by atoms with Crippen LogP contribution in [0.5, 0.6) is 0 Å². The smallest absolute Gasteiger partial charge is 0.253 e. The number of hydrogen-bond donors (Lipinski definition) is 2. The Morgan fingerprint density at radius 3 is 2.38 bits per heavy atom. The fraction of sp³-hybridized carbons (Fsp3) is 0.417. The van der Waals surface area contributed by atoms with Crippen LogP contribution in [0.4, 0.5) is 5.69 Å². The van der Waals surface area contributed by atoms with Crippen LogP contribution in [0.15, 0.2) is 48.5 Å². The number of carbonyl (C=O) groups excluding carboxylic acids is 2. The van der Waals surface area contributed by atoms with Crippen molar-refractivity contribution in [3.8, 4) is 0 Å². The molecule has 1 heterocycles. The minimum Gasteiger partial charge on any atom is -0.339 e. The fourth-order valence-corrected chi connectivity index (χ4v) is 3.70. The van der Waals surface area contributed by atoms with Gasteiger partial charge in [-0.3, -0.25) is 9.59 Å². The average Bonchev–Trinajstić information content (AvgIpc) is 2.74. The zero-order valence-electron chi connectivity index (χ0n) is 17.5. The molecule has 0 saturated carbocycles. The molecule has 0 spiro atoms. The summed E-state index contributed by atoms with van der Waals surface area (Å²) in [5.74, 6) is 0.238. The molecule has 2 amide bonds. The van der Waals surface area contributed by atoms with Crippen molar-refractivity contribution in [2.24, 2.45) is 17.6 Å². The molecule has 1 aliphatic rings. The molecule has 2 aromatic rings. The van der Waals surface area contributed by atoms with Gasteiger partial charge in [0.15, 0.2) is 0 Å². The van der Waals surface area contributed by atoms with Crippen molar-refractivity contribution in [1.82, 2.24) is 4.90 Å². The molecule has 2 atom stereocenters. The Labute approximate surface area is 173 Å². The van der Waals surface area contributed by atoms with E-state index in [1.165, 1.54) is 0 Å². The lowest BCUT2D eigenvalue weighted by atomic mass is 9.94. The van der Waals surface area contributed by atoms with Gasteiger partial charge in [0.05, 0.1) is 5.92 Å². The topological polar surface area (TPSA) is 75.4 Å². The summed E-state index contributed by atoms with van der Waals surface area (Å²) in [6, 6.07) is 14.7. The van der Waals surface area contributed by atoms with E-state index < -0.39 is 0 Å². The third-order valence-electron chi connectivity index (χ3n) is 5.94. The van der Waals surface area contributed by atoms with Crippen molar-refractivity contribution in [3.63, 3.8) is 0 Å². The molecule has 3 rings (SSSR count). The van der Waals surface area contributed by atoms with Gasteiger partial charge in [0.1, 0.15) is 0 Å². The second-order valence-electron chi connectivity index (χ2n) is 8.22. The number of nitrogens with two attached hydrogens (primary N) is 1. The SMILES string of the molecule is Cc1cc(C(=O)N2CCC(C)CC2)ccc1NC(=O)C(C)C(N)c1ccccc1. The number of benzene rings is 2. The Balaban J connectivity index is 1.65. The monoisotopic (exact) mass is 393 g/mol. The molecule has 1 saturated heterocycles. The first-order valence-electron chi connectivity index (χ1n) is 10.4. The second-order valence-corrected chi connectivity index (χ2v) is 8.22. The van der Waals surface area contributed by atoms with E-state index >= 15 is 0 Å². The predicted octanol–water partition coefficient (Wildman–Crippen LogP) is 4.14. The van der Waals surface area contributed by atoms with Crippen molar-refractivity contribution in [2.75, 3.05) is 18.4 Å². The molecule has 2 unspecified atom stereocenters. The van der Waals surface area contributed by atoms with Gasteiger partial charge in [-0.15, -0.1) is 0 Å². The van der Waals surface area contributed by atoms with Crippen LogP contribution in [0.25, 0.3) is 0 Å². The number of amides is 2. The third kappa shape index (κ3) is 5.04. The highest BCUT2D eigenvalue weighted by molar-refractivity contribution is 5.97. The molecule has 5 nitrogen and oxygen atoms in total. The van der Waals surface area contributed by atoms with Crippen molar-refractivity contribution >= 4 is 17.5 Å². The van der Waals surface area contributed by atoms with Crippen LogP contribution in [0.2, 0.25) is 0 Å². The molecule has 0 radical (unpaired) electrons. The van der Waals surface area contributed by atoms with Gasteiger partial charge in [0, 0.05) is 30.4 Å². The van der Waals surface area contributed by atoms with Crippen LogP contribution in [0.1, 0.15) is 54.2 Å². The maximum absolute atomic E-state index is 12.8. The lowest BCUT2D eigenvalue weighted by molar-refractivity contribution is -0.120. The van der Waals surface area contributed by atoms with Gasteiger partial charge in [-0.25, -0.2) is 0 Å². The molecule has 1 fully saturated rings. The van der Waals surface area contributed by atoms with Crippen molar-refractivity contribution < 1.29 is 9.59 Å². The molecule has 2 aromatic carbocycles. The van der Waals surface area contributed by atoms with Gasteiger partial charge in [-0.1, -0.05) is 44.2 Å². The minimum atomic E-state index is -0.381. The Hall–Kier alpha value is -2.66. The summed E-state index contributed by atoms with van der Waals surface area (Å²) < 4.78 is 0. The molecule has 0 aromatic heterocycles. The number of nitrogens with zero attached hydrogens (tertiary/aromatic N) is 1. The van der Waals surface area contributed by atoms with E-state index in [-0.39, 0.29) is 23.8 Å². The van der Waals surface area contributed by atoms with Gasteiger partial charge in [-0.2, -0.15) is 0 Å². The molecule has 29 heavy (non-hydrogen) atoms. The number of nitrogens with one attached hydrogen (secondary N) is 1. The minimum absolute atomic E-state index is 0.0670. The van der Waals surface area contributed by atoms with E-state index in [2.05, 4.69) is 12.2 Å². The standard InChI is InChI=1S/C24H31N3O2/c1-16-11-13-27(14-12-16)24(29)20-9-10-21(17(2)15-20)26-23(28)18(3)22(25)19-7-5-4-6-8-19/h4-10,15-16,18,22H,11-14,25H2,1-3H3,(H,26,28). The first-order chi connectivity index (χ1) is 13.9. The van der Waals surface area contributed by atoms with Crippen LogP contribution in [0.3, 0.4) is 0 Å². The Bertz CT molecular complexity index is 858. The maximum atomic E-state index is 12.8. The first kappa shape index (κ1) is 21.1. The van der Waals surface area contributed by atoms with Crippen LogP contribution < -0.4 is 11.1 Å². The summed E-state index contributed by atoms with van der Waals surface area (Å²) in [5.41, 5.74) is 9.46. The predicted molar refractivity (Wildman–Crippen MR) is 117 cm³/mol. The molecular formula is C24H31N3O2. The average molecular weight is 394 g/mol. The number of piperidine rings is 1. The molecule has 1 aliphatic heterocycles. The largest absolute Gasteiger partial charge is 0.339 e. The van der Waals surface area contributed by atoms with E-state index in [9.17, 15) is 9.59 Å². The van der Waals surface area contributed by atoms with E-state index in [1.54, 1.807) is 6.07 Å². The lowest BCUT2D eigenvalue weighted by Crippen LogP contribution is -2.37. The van der Waals surface area contributed by atoms with Crippen LogP contribution >= 0.6 is 0 Å². The Morgan fingerprint density at radius 1 is 1.10 bits per heavy atom. The van der Waals surface area contributed by atoms with Gasteiger partial charge in [0.2, 0.25) is 5.91 Å². The number of hydrogen-bond acceptors (Lipinski definition) is 3. The van der Waals surface area contributed by atoms with Crippen molar-refractivity contribution in [1.29, 1.82) is 0 Å². The summed E-state index contributed by atoms with van der Waals surface area (Å²) in [5, 5.41) is 2.97. The van der Waals surface area contributed by atoms with Crippen molar-refractivity contribution in [3.05, 3.63) is 65.2 Å². The Morgan fingerprint density at radius 2 is 1.76 bits per heavy atom. The number of anilines is 1. The molecule has 5 heteroatoms. The zero-order valence-corrected chi connectivity index (χ0v) is 17.5. The maximum Gasteiger partial charge on any atom is 0.253 e. The molecular weight excluding hydrogens is 362 g/mol. The third-order valence-corrected chi connectivity index (χ3v) is 5.94. The quantitative estimate of drug-likeness (QED) is 0.801. The molecule has 3 N–H and O–H groups in total. The summed E-state index contributed by atoms with van der Waals surface area (Å²) in [6.45, 7) is 7.59. The molecule has 0 aliphatic carbocycles. The highest BCUT2D eigenvalue weighted by Gasteiger charge is 2.24. The number of aryl methyl sites for hydroxylation is 1. The number of rotatable bonds is 5. The lowest BCUT2D eigenvalue weighted by Gasteiger charge is -2.30. The van der Waals surface area contributed by atoms with E-state index in [4.69, 9.17) is 5.73 Å². The fourth-order valence-electron chi connectivity index (χ4n) is 3.70.